The Morgan fingerprint density at radius 3 is 2.68 bits per heavy atom. The number of hydrogen-bond donors (Lipinski definition) is 2. The molecule has 0 radical (unpaired) electrons. The average molecular weight is 362 g/mol. The van der Waals surface area contributed by atoms with Crippen LogP contribution in [0.15, 0.2) is 29.0 Å². The number of nitrogens with one attached hydrogen (secondary N) is 2. The van der Waals surface area contributed by atoms with Gasteiger partial charge in [-0.25, -0.2) is 9.97 Å². The maximum Gasteiger partial charge on any atom is 0.150 e. The van der Waals surface area contributed by atoms with E-state index in [1.165, 1.54) is 6.33 Å². The fourth-order valence-corrected chi connectivity index (χ4v) is 2.27. The summed E-state index contributed by atoms with van der Waals surface area (Å²) in [6.07, 6.45) is 1.48. The van der Waals surface area contributed by atoms with Crippen LogP contribution in [0.25, 0.3) is 0 Å². The summed E-state index contributed by atoms with van der Waals surface area (Å²) in [6.45, 7) is 2.77. The van der Waals surface area contributed by atoms with Crippen molar-refractivity contribution >= 4 is 56.5 Å². The van der Waals surface area contributed by atoms with Crippen LogP contribution in [0.1, 0.15) is 6.92 Å². The molecule has 0 saturated carbocycles. The molecule has 0 fully saturated rings. The van der Waals surface area contributed by atoms with E-state index in [1.807, 2.05) is 19.1 Å². The van der Waals surface area contributed by atoms with Crippen LogP contribution < -0.4 is 10.6 Å². The molecule has 0 atom stereocenters. The van der Waals surface area contributed by atoms with Gasteiger partial charge in [0.25, 0.3) is 0 Å². The highest BCUT2D eigenvalue weighted by Crippen LogP contribution is 2.34. The normalized spacial score (nSPS) is 10.3. The van der Waals surface area contributed by atoms with Crippen LogP contribution in [0.5, 0.6) is 0 Å². The Bertz CT molecular complexity index is 592. The topological polar surface area (TPSA) is 49.8 Å². The zero-order chi connectivity index (χ0) is 13.8. The summed E-state index contributed by atoms with van der Waals surface area (Å²) in [5, 5.41) is 7.20. The van der Waals surface area contributed by atoms with E-state index < -0.39 is 0 Å². The van der Waals surface area contributed by atoms with E-state index in [0.717, 1.165) is 16.8 Å². The Kier molecular flexibility index (Phi) is 4.85. The fraction of sp³-hybridized carbons (Fsp3) is 0.167. The van der Waals surface area contributed by atoms with Gasteiger partial charge in [0.2, 0.25) is 0 Å². The summed E-state index contributed by atoms with van der Waals surface area (Å²) < 4.78 is 0.743. The van der Waals surface area contributed by atoms with E-state index in [0.29, 0.717) is 21.6 Å². The van der Waals surface area contributed by atoms with Gasteiger partial charge in [-0.2, -0.15) is 0 Å². The Balaban J connectivity index is 2.33. The average Bonchev–Trinajstić information content (AvgIpc) is 2.40. The molecular weight excluding hydrogens is 351 g/mol. The van der Waals surface area contributed by atoms with Crippen molar-refractivity contribution in [1.29, 1.82) is 0 Å². The molecule has 0 spiro atoms. The molecule has 2 N–H and O–H groups in total. The predicted octanol–water partition coefficient (Wildman–Crippen LogP) is 4.72. The summed E-state index contributed by atoms with van der Waals surface area (Å²) in [4.78, 5) is 8.32. The minimum Gasteiger partial charge on any atom is -0.369 e. The van der Waals surface area contributed by atoms with Crippen LogP contribution in [0, 0.1) is 0 Å². The number of aromatic nitrogens is 2. The van der Waals surface area contributed by atoms with E-state index in [-0.39, 0.29) is 0 Å². The highest BCUT2D eigenvalue weighted by Gasteiger charge is 2.10. The number of benzene rings is 1. The van der Waals surface area contributed by atoms with Gasteiger partial charge in [0.05, 0.1) is 15.7 Å². The summed E-state index contributed by atoms with van der Waals surface area (Å²) in [5.41, 5.74) is 0.691. The van der Waals surface area contributed by atoms with Crippen LogP contribution >= 0.6 is 39.1 Å². The fourth-order valence-electron chi connectivity index (χ4n) is 1.48. The zero-order valence-electron chi connectivity index (χ0n) is 10.0. The van der Waals surface area contributed by atoms with Crippen LogP contribution in [0.2, 0.25) is 10.0 Å². The zero-order valence-corrected chi connectivity index (χ0v) is 13.1. The lowest BCUT2D eigenvalue weighted by Gasteiger charge is -2.12. The molecule has 0 bridgehead atoms. The third-order valence-corrected chi connectivity index (χ3v) is 3.91. The highest BCUT2D eigenvalue weighted by molar-refractivity contribution is 9.10. The molecular formula is C12H11BrCl2N4. The lowest BCUT2D eigenvalue weighted by atomic mass is 10.3. The first-order valence-electron chi connectivity index (χ1n) is 5.59. The van der Waals surface area contributed by atoms with Gasteiger partial charge >= 0.3 is 0 Å². The molecule has 2 aromatic rings. The second-order valence-corrected chi connectivity index (χ2v) is 5.22. The first-order chi connectivity index (χ1) is 9.13. The molecule has 1 aromatic heterocycles. The Morgan fingerprint density at radius 1 is 1.21 bits per heavy atom. The molecule has 0 amide bonds. The minimum atomic E-state index is 0.458. The lowest BCUT2D eigenvalue weighted by Crippen LogP contribution is -2.04. The summed E-state index contributed by atoms with van der Waals surface area (Å²) in [6, 6.07) is 5.38. The molecule has 100 valence electrons. The molecule has 0 aliphatic carbocycles. The molecule has 2 rings (SSSR count). The van der Waals surface area contributed by atoms with Gasteiger partial charge in [-0.15, -0.1) is 0 Å². The van der Waals surface area contributed by atoms with Crippen molar-refractivity contribution in [3.05, 3.63) is 39.0 Å². The van der Waals surface area contributed by atoms with Gasteiger partial charge in [-0.05, 0) is 35.0 Å². The molecule has 1 aromatic carbocycles. The number of anilines is 3. The van der Waals surface area contributed by atoms with Crippen molar-refractivity contribution in [1.82, 2.24) is 9.97 Å². The second kappa shape index (κ2) is 6.41. The van der Waals surface area contributed by atoms with Gasteiger partial charge in [0.1, 0.15) is 22.4 Å². The van der Waals surface area contributed by atoms with E-state index in [4.69, 9.17) is 23.2 Å². The van der Waals surface area contributed by atoms with Crippen molar-refractivity contribution in [2.24, 2.45) is 0 Å². The molecule has 0 aliphatic rings. The lowest BCUT2D eigenvalue weighted by molar-refractivity contribution is 1.10. The Morgan fingerprint density at radius 2 is 1.95 bits per heavy atom. The maximum atomic E-state index is 6.13. The standard InChI is InChI=1S/C12H11BrCl2N4/c1-2-16-11-9(13)12(18-6-17-11)19-8-5-3-4-7(14)10(8)15/h3-6H,2H2,1H3,(H2,16,17,18,19). The number of halogens is 3. The molecule has 0 aliphatic heterocycles. The SMILES string of the molecule is CCNc1ncnc(Nc2cccc(Cl)c2Cl)c1Br. The van der Waals surface area contributed by atoms with Crippen molar-refractivity contribution in [2.45, 2.75) is 6.92 Å². The summed E-state index contributed by atoms with van der Waals surface area (Å²) in [7, 11) is 0. The molecule has 19 heavy (non-hydrogen) atoms. The van der Waals surface area contributed by atoms with Crippen LogP contribution in [0.4, 0.5) is 17.3 Å². The van der Waals surface area contributed by atoms with Crippen LogP contribution in [-0.4, -0.2) is 16.5 Å². The van der Waals surface area contributed by atoms with Gasteiger partial charge in [0.15, 0.2) is 0 Å². The van der Waals surface area contributed by atoms with Gasteiger partial charge in [-0.3, -0.25) is 0 Å². The predicted molar refractivity (Wildman–Crippen MR) is 83.6 cm³/mol. The third-order valence-electron chi connectivity index (χ3n) is 2.34. The second-order valence-electron chi connectivity index (χ2n) is 3.64. The highest BCUT2D eigenvalue weighted by atomic mass is 79.9. The molecule has 4 nitrogen and oxygen atoms in total. The number of nitrogens with zero attached hydrogens (tertiary/aromatic N) is 2. The molecule has 0 unspecified atom stereocenters. The van der Waals surface area contributed by atoms with Crippen LogP contribution in [-0.2, 0) is 0 Å². The monoisotopic (exact) mass is 360 g/mol. The summed E-state index contributed by atoms with van der Waals surface area (Å²) in [5.74, 6) is 1.34. The van der Waals surface area contributed by atoms with E-state index >= 15 is 0 Å². The number of hydrogen-bond acceptors (Lipinski definition) is 4. The van der Waals surface area contributed by atoms with E-state index in [2.05, 4.69) is 36.5 Å². The van der Waals surface area contributed by atoms with Crippen molar-refractivity contribution in [3.63, 3.8) is 0 Å². The quantitative estimate of drug-likeness (QED) is 0.827. The minimum absolute atomic E-state index is 0.458. The van der Waals surface area contributed by atoms with E-state index in [1.54, 1.807) is 6.07 Å². The smallest absolute Gasteiger partial charge is 0.150 e. The van der Waals surface area contributed by atoms with Crippen molar-refractivity contribution < 1.29 is 0 Å². The first-order valence-corrected chi connectivity index (χ1v) is 7.13. The van der Waals surface area contributed by atoms with Crippen molar-refractivity contribution in [3.8, 4) is 0 Å². The van der Waals surface area contributed by atoms with Crippen molar-refractivity contribution in [2.75, 3.05) is 17.2 Å². The Hall–Kier alpha value is -1.04. The Labute approximate surface area is 129 Å². The van der Waals surface area contributed by atoms with E-state index in [9.17, 15) is 0 Å². The maximum absolute atomic E-state index is 6.13. The van der Waals surface area contributed by atoms with Gasteiger partial charge in [0, 0.05) is 6.54 Å². The van der Waals surface area contributed by atoms with Crippen LogP contribution in [0.3, 0.4) is 0 Å². The largest absolute Gasteiger partial charge is 0.369 e. The molecule has 1 heterocycles. The number of rotatable bonds is 4. The third kappa shape index (κ3) is 3.29. The van der Waals surface area contributed by atoms with Gasteiger partial charge < -0.3 is 10.6 Å². The molecule has 7 heteroatoms. The molecule has 0 saturated heterocycles. The summed E-state index contributed by atoms with van der Waals surface area (Å²) >= 11 is 15.6. The first kappa shape index (κ1) is 14.4. The van der Waals surface area contributed by atoms with Gasteiger partial charge in [-0.1, -0.05) is 29.3 Å².